The van der Waals surface area contributed by atoms with Gasteiger partial charge in [-0.2, -0.15) is 0 Å². The van der Waals surface area contributed by atoms with Gasteiger partial charge in [0.1, 0.15) is 0 Å². The van der Waals surface area contributed by atoms with Crippen molar-refractivity contribution in [1.29, 1.82) is 0 Å². The fourth-order valence-electron chi connectivity index (χ4n) is 1.87. The Kier molecular flexibility index (Phi) is 6.74. The van der Waals surface area contributed by atoms with E-state index >= 15 is 0 Å². The van der Waals surface area contributed by atoms with E-state index in [1.165, 1.54) is 0 Å². The molecule has 0 aliphatic rings. The lowest BCUT2D eigenvalue weighted by atomic mass is 10.00. The standard InChI is InChI=1S/C13H23N3O/c1-4-5-15-12(8-11(2)10-17-3)13-9-14-6-7-16-13/h6-7,9,11-12,15H,4-5,8,10H2,1-3H3. The molecule has 0 fully saturated rings. The van der Waals surface area contributed by atoms with Gasteiger partial charge in [0.15, 0.2) is 0 Å². The van der Waals surface area contributed by atoms with Gasteiger partial charge in [0.05, 0.1) is 11.7 Å². The second kappa shape index (κ2) is 8.14. The third-order valence-corrected chi connectivity index (χ3v) is 2.67. The summed E-state index contributed by atoms with van der Waals surface area (Å²) in [5, 5.41) is 3.52. The van der Waals surface area contributed by atoms with E-state index in [4.69, 9.17) is 4.74 Å². The Morgan fingerprint density at radius 3 is 2.82 bits per heavy atom. The summed E-state index contributed by atoms with van der Waals surface area (Å²) in [6, 6.07) is 0.272. The maximum atomic E-state index is 5.18. The number of nitrogens with one attached hydrogen (secondary N) is 1. The minimum atomic E-state index is 0.272. The van der Waals surface area contributed by atoms with Crippen LogP contribution < -0.4 is 5.32 Å². The average molecular weight is 237 g/mol. The molecule has 0 aliphatic heterocycles. The lowest BCUT2D eigenvalue weighted by molar-refractivity contribution is 0.149. The first-order valence-electron chi connectivity index (χ1n) is 6.26. The molecule has 0 spiro atoms. The van der Waals surface area contributed by atoms with E-state index in [2.05, 4.69) is 29.1 Å². The normalized spacial score (nSPS) is 14.5. The molecule has 1 aromatic rings. The lowest BCUT2D eigenvalue weighted by Crippen LogP contribution is -2.26. The van der Waals surface area contributed by atoms with Crippen LogP contribution in [-0.4, -0.2) is 30.2 Å². The Morgan fingerprint density at radius 1 is 1.41 bits per heavy atom. The fourth-order valence-corrected chi connectivity index (χ4v) is 1.87. The zero-order valence-electron chi connectivity index (χ0n) is 11.0. The predicted octanol–water partition coefficient (Wildman–Crippen LogP) is 2.19. The first-order valence-corrected chi connectivity index (χ1v) is 6.26. The highest BCUT2D eigenvalue weighted by Crippen LogP contribution is 2.19. The van der Waals surface area contributed by atoms with Gasteiger partial charge in [0.2, 0.25) is 0 Å². The van der Waals surface area contributed by atoms with E-state index in [9.17, 15) is 0 Å². The van der Waals surface area contributed by atoms with Gasteiger partial charge in [-0.3, -0.25) is 9.97 Å². The van der Waals surface area contributed by atoms with Crippen molar-refractivity contribution in [2.24, 2.45) is 5.92 Å². The van der Waals surface area contributed by atoms with Crippen LogP contribution >= 0.6 is 0 Å². The minimum Gasteiger partial charge on any atom is -0.384 e. The molecule has 2 atom stereocenters. The Morgan fingerprint density at radius 2 is 2.24 bits per heavy atom. The number of methoxy groups -OCH3 is 1. The van der Waals surface area contributed by atoms with Gasteiger partial charge in [-0.05, 0) is 25.3 Å². The van der Waals surface area contributed by atoms with E-state index < -0.39 is 0 Å². The molecule has 0 saturated heterocycles. The molecule has 1 heterocycles. The molecule has 2 unspecified atom stereocenters. The zero-order chi connectivity index (χ0) is 12.5. The summed E-state index contributed by atoms with van der Waals surface area (Å²) in [5.74, 6) is 0.511. The molecule has 0 bridgehead atoms. The molecule has 0 aromatic carbocycles. The highest BCUT2D eigenvalue weighted by atomic mass is 16.5. The molecule has 17 heavy (non-hydrogen) atoms. The van der Waals surface area contributed by atoms with Gasteiger partial charge in [-0.15, -0.1) is 0 Å². The Balaban J connectivity index is 2.60. The first-order chi connectivity index (χ1) is 8.27. The van der Waals surface area contributed by atoms with Crippen LogP contribution in [0.25, 0.3) is 0 Å². The van der Waals surface area contributed by atoms with Crippen LogP contribution in [0.1, 0.15) is 38.4 Å². The molecule has 4 nitrogen and oxygen atoms in total. The van der Waals surface area contributed by atoms with Crippen molar-refractivity contribution in [3.63, 3.8) is 0 Å². The number of rotatable bonds is 8. The van der Waals surface area contributed by atoms with Crippen molar-refractivity contribution >= 4 is 0 Å². The van der Waals surface area contributed by atoms with E-state index in [0.29, 0.717) is 5.92 Å². The lowest BCUT2D eigenvalue weighted by Gasteiger charge is -2.21. The monoisotopic (exact) mass is 237 g/mol. The van der Waals surface area contributed by atoms with Crippen molar-refractivity contribution in [2.75, 3.05) is 20.3 Å². The van der Waals surface area contributed by atoms with Crippen molar-refractivity contribution in [3.8, 4) is 0 Å². The molecule has 0 amide bonds. The van der Waals surface area contributed by atoms with Crippen LogP contribution in [0, 0.1) is 5.92 Å². The fraction of sp³-hybridized carbons (Fsp3) is 0.692. The minimum absolute atomic E-state index is 0.272. The van der Waals surface area contributed by atoms with Gasteiger partial charge >= 0.3 is 0 Å². The predicted molar refractivity (Wildman–Crippen MR) is 68.7 cm³/mol. The summed E-state index contributed by atoms with van der Waals surface area (Å²) in [6.07, 6.45) is 7.44. The van der Waals surface area contributed by atoms with Crippen molar-refractivity contribution < 1.29 is 4.74 Å². The molecule has 0 radical (unpaired) electrons. The zero-order valence-corrected chi connectivity index (χ0v) is 11.0. The Bertz CT molecular complexity index is 292. The summed E-state index contributed by atoms with van der Waals surface area (Å²) >= 11 is 0. The molecule has 0 aliphatic carbocycles. The van der Waals surface area contributed by atoms with Crippen LogP contribution in [0.4, 0.5) is 0 Å². The van der Waals surface area contributed by atoms with Crippen LogP contribution in [0.15, 0.2) is 18.6 Å². The third-order valence-electron chi connectivity index (χ3n) is 2.67. The summed E-state index contributed by atoms with van der Waals surface area (Å²) in [5.41, 5.74) is 1.02. The molecule has 1 N–H and O–H groups in total. The average Bonchev–Trinajstić information content (AvgIpc) is 2.36. The Labute approximate surface area is 104 Å². The van der Waals surface area contributed by atoms with Crippen LogP contribution in [0.3, 0.4) is 0 Å². The quantitative estimate of drug-likeness (QED) is 0.753. The van der Waals surface area contributed by atoms with Crippen LogP contribution in [0.2, 0.25) is 0 Å². The SMILES string of the molecule is CCCNC(CC(C)COC)c1cnccn1. The molecular weight excluding hydrogens is 214 g/mol. The maximum Gasteiger partial charge on any atom is 0.0756 e. The smallest absolute Gasteiger partial charge is 0.0756 e. The number of aromatic nitrogens is 2. The van der Waals surface area contributed by atoms with E-state index in [0.717, 1.165) is 31.7 Å². The summed E-state index contributed by atoms with van der Waals surface area (Å²) in [6.45, 7) is 6.14. The number of nitrogens with zero attached hydrogens (tertiary/aromatic N) is 2. The van der Waals surface area contributed by atoms with Crippen molar-refractivity contribution in [2.45, 2.75) is 32.7 Å². The topological polar surface area (TPSA) is 47.0 Å². The summed E-state index contributed by atoms with van der Waals surface area (Å²) < 4.78 is 5.18. The van der Waals surface area contributed by atoms with Crippen LogP contribution in [0.5, 0.6) is 0 Å². The van der Waals surface area contributed by atoms with Gasteiger partial charge in [-0.1, -0.05) is 13.8 Å². The summed E-state index contributed by atoms with van der Waals surface area (Å²) in [4.78, 5) is 8.51. The van der Waals surface area contributed by atoms with Crippen molar-refractivity contribution in [1.82, 2.24) is 15.3 Å². The van der Waals surface area contributed by atoms with E-state index in [-0.39, 0.29) is 6.04 Å². The molecule has 1 aromatic heterocycles. The second-order valence-electron chi connectivity index (χ2n) is 4.43. The third kappa shape index (κ3) is 5.24. The number of hydrogen-bond donors (Lipinski definition) is 1. The van der Waals surface area contributed by atoms with E-state index in [1.807, 2.05) is 6.20 Å². The largest absolute Gasteiger partial charge is 0.384 e. The molecular formula is C13H23N3O. The van der Waals surface area contributed by atoms with Gasteiger partial charge in [0, 0.05) is 32.3 Å². The van der Waals surface area contributed by atoms with Gasteiger partial charge < -0.3 is 10.1 Å². The highest BCUT2D eigenvalue weighted by Gasteiger charge is 2.15. The van der Waals surface area contributed by atoms with Crippen molar-refractivity contribution in [3.05, 3.63) is 24.3 Å². The highest BCUT2D eigenvalue weighted by molar-refractivity contribution is 5.02. The number of ether oxygens (including phenoxy) is 1. The van der Waals surface area contributed by atoms with Gasteiger partial charge in [0.25, 0.3) is 0 Å². The molecule has 4 heteroatoms. The Hall–Kier alpha value is -1.00. The first kappa shape index (κ1) is 14.1. The molecule has 0 saturated carbocycles. The molecule has 1 rings (SSSR count). The molecule has 96 valence electrons. The summed E-state index contributed by atoms with van der Waals surface area (Å²) in [7, 11) is 1.74. The second-order valence-corrected chi connectivity index (χ2v) is 4.43. The van der Waals surface area contributed by atoms with E-state index in [1.54, 1.807) is 19.5 Å². The van der Waals surface area contributed by atoms with Gasteiger partial charge in [-0.25, -0.2) is 0 Å². The maximum absolute atomic E-state index is 5.18. The van der Waals surface area contributed by atoms with Crippen LogP contribution in [-0.2, 0) is 4.74 Å². The number of hydrogen-bond acceptors (Lipinski definition) is 4.